The largest absolute Gasteiger partial charge is 0.466 e. The van der Waals surface area contributed by atoms with E-state index < -0.39 is 22.8 Å². The Bertz CT molecular complexity index is 844. The summed E-state index contributed by atoms with van der Waals surface area (Å²) in [6.45, 7) is 5.02. The minimum Gasteiger partial charge on any atom is -0.466 e. The molecule has 0 spiro atoms. The maximum absolute atomic E-state index is 12.6. The molecule has 0 amide bonds. The molecule has 0 aliphatic carbocycles. The van der Waals surface area contributed by atoms with Gasteiger partial charge in [0.25, 0.3) is 5.69 Å². The maximum Gasteiger partial charge on any atom is 0.336 e. The van der Waals surface area contributed by atoms with Crippen LogP contribution in [0.1, 0.15) is 30.9 Å². The number of rotatable bonds is 4. The number of benzene rings is 1. The Balaban J connectivity index is 2.93. The number of para-hydroxylation sites is 1. The van der Waals surface area contributed by atoms with Crippen molar-refractivity contribution in [2.75, 3.05) is 21.3 Å². The number of esters is 2. The maximum atomic E-state index is 12.6. The molecule has 8 nitrogen and oxygen atoms in total. The third-order valence-corrected chi connectivity index (χ3v) is 4.94. The average molecular weight is 374 g/mol. The first kappa shape index (κ1) is 20.2. The molecule has 0 bridgehead atoms. The van der Waals surface area contributed by atoms with Gasteiger partial charge in [-0.2, -0.15) is 0 Å². The molecule has 0 N–H and O–H groups in total. The minimum atomic E-state index is -0.971. The van der Waals surface area contributed by atoms with Crippen LogP contribution in [-0.4, -0.2) is 43.0 Å². The van der Waals surface area contributed by atoms with Crippen LogP contribution in [0.25, 0.3) is 0 Å². The summed E-state index contributed by atoms with van der Waals surface area (Å²) in [7, 11) is 4.16. The number of hydrogen-bond acceptors (Lipinski definition) is 7. The monoisotopic (exact) mass is 374 g/mol. The summed E-state index contributed by atoms with van der Waals surface area (Å²) in [6, 6.07) is 4.82. The zero-order valence-electron chi connectivity index (χ0n) is 16.2. The molecular weight excluding hydrogens is 352 g/mol. The lowest BCUT2D eigenvalue weighted by atomic mass is 9.78. The van der Waals surface area contributed by atoms with Gasteiger partial charge in [0.05, 0.1) is 36.2 Å². The van der Waals surface area contributed by atoms with Crippen molar-refractivity contribution in [2.45, 2.75) is 26.7 Å². The van der Waals surface area contributed by atoms with E-state index in [4.69, 9.17) is 9.47 Å². The molecule has 0 fully saturated rings. The van der Waals surface area contributed by atoms with Crippen LogP contribution in [0.5, 0.6) is 0 Å². The summed E-state index contributed by atoms with van der Waals surface area (Å²) >= 11 is 0. The van der Waals surface area contributed by atoms with Gasteiger partial charge in [0, 0.05) is 29.6 Å². The second-order valence-electron chi connectivity index (χ2n) is 6.24. The molecule has 1 aliphatic heterocycles. The Morgan fingerprint density at radius 2 is 1.52 bits per heavy atom. The van der Waals surface area contributed by atoms with Crippen LogP contribution in [0.4, 0.5) is 5.69 Å². The topological polar surface area (TPSA) is 99.0 Å². The van der Waals surface area contributed by atoms with E-state index >= 15 is 0 Å². The second-order valence-corrected chi connectivity index (χ2v) is 6.24. The van der Waals surface area contributed by atoms with Crippen molar-refractivity contribution in [2.24, 2.45) is 0 Å². The Morgan fingerprint density at radius 1 is 1.04 bits per heavy atom. The van der Waals surface area contributed by atoms with Gasteiger partial charge in [0.15, 0.2) is 0 Å². The molecule has 0 atom stereocenters. The minimum absolute atomic E-state index is 0.143. The highest BCUT2D eigenvalue weighted by molar-refractivity contribution is 6.00. The summed E-state index contributed by atoms with van der Waals surface area (Å²) in [5.74, 6) is -2.29. The molecule has 144 valence electrons. The van der Waals surface area contributed by atoms with Crippen LogP contribution >= 0.6 is 0 Å². The first-order valence-electron chi connectivity index (χ1n) is 8.23. The highest BCUT2D eigenvalue weighted by Crippen LogP contribution is 2.45. The van der Waals surface area contributed by atoms with E-state index in [1.165, 1.54) is 14.2 Å². The molecule has 0 aromatic heterocycles. The fourth-order valence-corrected chi connectivity index (χ4v) is 3.40. The number of ether oxygens (including phenoxy) is 2. The highest BCUT2D eigenvalue weighted by atomic mass is 16.6. The van der Waals surface area contributed by atoms with E-state index in [1.807, 2.05) is 0 Å². The van der Waals surface area contributed by atoms with Crippen LogP contribution < -0.4 is 0 Å². The number of nitro groups is 1. The predicted molar refractivity (Wildman–Crippen MR) is 97.8 cm³/mol. The number of hydrogen-bond donors (Lipinski definition) is 0. The van der Waals surface area contributed by atoms with Crippen LogP contribution in [0.15, 0.2) is 40.7 Å². The van der Waals surface area contributed by atoms with E-state index in [2.05, 4.69) is 0 Å². The van der Waals surface area contributed by atoms with Gasteiger partial charge in [-0.05, 0) is 20.8 Å². The van der Waals surface area contributed by atoms with E-state index in [1.54, 1.807) is 50.9 Å². The fraction of sp³-hybridized carbons (Fsp3) is 0.368. The highest BCUT2D eigenvalue weighted by Gasteiger charge is 2.42. The van der Waals surface area contributed by atoms with Gasteiger partial charge in [-0.3, -0.25) is 10.1 Å². The number of aryl methyl sites for hydroxylation is 1. The average Bonchev–Trinajstić information content (AvgIpc) is 2.64. The van der Waals surface area contributed by atoms with Crippen molar-refractivity contribution in [1.29, 1.82) is 0 Å². The third-order valence-electron chi connectivity index (χ3n) is 4.94. The lowest BCUT2D eigenvalue weighted by molar-refractivity contribution is -0.386. The molecule has 8 heteroatoms. The Hall–Kier alpha value is -3.16. The summed E-state index contributed by atoms with van der Waals surface area (Å²) in [5, 5.41) is 11.7. The van der Waals surface area contributed by atoms with Crippen LogP contribution in [0.2, 0.25) is 0 Å². The summed E-state index contributed by atoms with van der Waals surface area (Å²) < 4.78 is 9.84. The van der Waals surface area contributed by atoms with Crippen LogP contribution in [0.3, 0.4) is 0 Å². The second kappa shape index (κ2) is 7.61. The van der Waals surface area contributed by atoms with Crippen molar-refractivity contribution in [3.63, 3.8) is 0 Å². The van der Waals surface area contributed by atoms with E-state index in [-0.39, 0.29) is 22.4 Å². The van der Waals surface area contributed by atoms with E-state index in [9.17, 15) is 19.7 Å². The van der Waals surface area contributed by atoms with E-state index in [0.717, 1.165) is 0 Å². The molecule has 0 saturated carbocycles. The molecule has 0 radical (unpaired) electrons. The van der Waals surface area contributed by atoms with Gasteiger partial charge in [-0.1, -0.05) is 18.2 Å². The van der Waals surface area contributed by atoms with Gasteiger partial charge >= 0.3 is 11.9 Å². The molecule has 0 saturated heterocycles. The molecule has 1 aromatic carbocycles. The lowest BCUT2D eigenvalue weighted by Gasteiger charge is -2.35. The molecule has 0 unspecified atom stereocenters. The summed E-state index contributed by atoms with van der Waals surface area (Å²) in [5.41, 5.74) is 1.96. The number of carbonyl (C=O) groups excluding carboxylic acids is 2. The number of nitro benzene ring substituents is 1. The Morgan fingerprint density at radius 3 is 1.93 bits per heavy atom. The number of methoxy groups -OCH3 is 2. The first-order valence-corrected chi connectivity index (χ1v) is 8.23. The van der Waals surface area contributed by atoms with Gasteiger partial charge in [-0.25, -0.2) is 9.59 Å². The third kappa shape index (κ3) is 3.30. The smallest absolute Gasteiger partial charge is 0.336 e. The first-order chi connectivity index (χ1) is 12.7. The predicted octanol–water partition coefficient (Wildman–Crippen LogP) is 2.83. The van der Waals surface area contributed by atoms with Crippen LogP contribution in [0, 0.1) is 17.0 Å². The Kier molecular flexibility index (Phi) is 5.68. The van der Waals surface area contributed by atoms with Crippen LogP contribution in [-0.2, 0) is 19.1 Å². The normalized spacial score (nSPS) is 15.1. The number of nitrogens with zero attached hydrogens (tertiary/aromatic N) is 2. The molecule has 27 heavy (non-hydrogen) atoms. The van der Waals surface area contributed by atoms with Crippen molar-refractivity contribution in [3.05, 3.63) is 62.0 Å². The Labute approximate surface area is 157 Å². The van der Waals surface area contributed by atoms with Crippen molar-refractivity contribution in [1.82, 2.24) is 4.90 Å². The number of allylic oxidation sites excluding steroid dienone is 2. The van der Waals surface area contributed by atoms with Gasteiger partial charge in [0.1, 0.15) is 0 Å². The molecule has 1 aromatic rings. The standard InChI is InChI=1S/C19H22N2O6/c1-10-8-7-9-13(17(10)21(24)25)16-14(18(22)26-5)11(2)20(4)12(3)15(16)19(23)27-6/h7-9,16H,1-6H3. The molecule has 1 heterocycles. The van der Waals surface area contributed by atoms with Gasteiger partial charge in [0.2, 0.25) is 0 Å². The zero-order chi connectivity index (χ0) is 20.5. The summed E-state index contributed by atoms with van der Waals surface area (Å²) in [6.07, 6.45) is 0. The van der Waals surface area contributed by atoms with E-state index in [0.29, 0.717) is 17.0 Å². The molecule has 2 rings (SSSR count). The number of carbonyl (C=O) groups is 2. The lowest BCUT2D eigenvalue weighted by Crippen LogP contribution is -2.33. The van der Waals surface area contributed by atoms with Gasteiger partial charge < -0.3 is 14.4 Å². The molecular formula is C19H22N2O6. The van der Waals surface area contributed by atoms with Crippen molar-refractivity contribution < 1.29 is 24.0 Å². The van der Waals surface area contributed by atoms with Crippen molar-refractivity contribution >= 4 is 17.6 Å². The zero-order valence-corrected chi connectivity index (χ0v) is 16.2. The van der Waals surface area contributed by atoms with Crippen molar-refractivity contribution in [3.8, 4) is 0 Å². The SMILES string of the molecule is COC(=O)C1=C(C)N(C)C(C)=C(C(=O)OC)C1c1cccc(C)c1[N+](=O)[O-]. The molecule has 1 aliphatic rings. The summed E-state index contributed by atoms with van der Waals surface area (Å²) in [4.78, 5) is 38.1. The quantitative estimate of drug-likeness (QED) is 0.454. The fourth-order valence-electron chi connectivity index (χ4n) is 3.40. The van der Waals surface area contributed by atoms with Gasteiger partial charge in [-0.15, -0.1) is 0 Å².